The maximum absolute atomic E-state index is 9.43. The molecule has 1 fully saturated rings. The van der Waals surface area contributed by atoms with E-state index in [9.17, 15) is 5.11 Å². The molecule has 4 heteroatoms. The minimum atomic E-state index is 0.0156. The van der Waals surface area contributed by atoms with Crippen molar-refractivity contribution in [3.63, 3.8) is 0 Å². The second-order valence-electron chi connectivity index (χ2n) is 6.59. The van der Waals surface area contributed by atoms with Crippen molar-refractivity contribution in [1.82, 2.24) is 15.0 Å². The third-order valence-corrected chi connectivity index (χ3v) is 4.50. The predicted octanol–water partition coefficient (Wildman–Crippen LogP) is 3.33. The van der Waals surface area contributed by atoms with Gasteiger partial charge in [0, 0.05) is 6.54 Å². The largest absolute Gasteiger partial charge is 0.390 e. The summed E-state index contributed by atoms with van der Waals surface area (Å²) in [5.41, 5.74) is 1.95. The zero-order chi connectivity index (χ0) is 14.4. The number of aliphatic hydroxyl groups is 1. The Kier molecular flexibility index (Phi) is 6.02. The van der Waals surface area contributed by atoms with E-state index in [0.29, 0.717) is 5.92 Å². The van der Waals surface area contributed by atoms with Gasteiger partial charge in [-0.3, -0.25) is 0 Å². The van der Waals surface area contributed by atoms with Gasteiger partial charge >= 0.3 is 0 Å². The van der Waals surface area contributed by atoms with Crippen LogP contribution in [0.25, 0.3) is 0 Å². The molecule has 1 aliphatic carbocycles. The van der Waals surface area contributed by atoms with Crippen LogP contribution in [0.5, 0.6) is 0 Å². The van der Waals surface area contributed by atoms with E-state index in [4.69, 9.17) is 0 Å². The van der Waals surface area contributed by atoms with Gasteiger partial charge in [-0.25, -0.2) is 4.68 Å². The van der Waals surface area contributed by atoms with Crippen LogP contribution in [-0.4, -0.2) is 20.1 Å². The van der Waals surface area contributed by atoms with Crippen LogP contribution in [0.4, 0.5) is 0 Å². The van der Waals surface area contributed by atoms with Crippen LogP contribution in [0.1, 0.15) is 70.2 Å². The lowest BCUT2D eigenvalue weighted by molar-refractivity contribution is 0.274. The summed E-state index contributed by atoms with van der Waals surface area (Å²) >= 11 is 0. The Bertz CT molecular complexity index is 394. The van der Waals surface area contributed by atoms with Crippen molar-refractivity contribution in [3.8, 4) is 0 Å². The molecular formula is C16H29N3O. The normalized spacial score (nSPS) is 17.0. The molecule has 114 valence electrons. The number of nitrogens with zero attached hydrogens (tertiary/aromatic N) is 3. The number of rotatable bonds is 7. The average Bonchev–Trinajstić information content (AvgIpc) is 2.86. The maximum atomic E-state index is 9.43. The summed E-state index contributed by atoms with van der Waals surface area (Å²) in [5, 5.41) is 17.8. The monoisotopic (exact) mass is 279 g/mol. The van der Waals surface area contributed by atoms with Crippen LogP contribution < -0.4 is 0 Å². The van der Waals surface area contributed by atoms with E-state index >= 15 is 0 Å². The highest BCUT2D eigenvalue weighted by molar-refractivity contribution is 5.09. The molecular weight excluding hydrogens is 250 g/mol. The van der Waals surface area contributed by atoms with Crippen molar-refractivity contribution < 1.29 is 5.11 Å². The van der Waals surface area contributed by atoms with Crippen LogP contribution in [0.2, 0.25) is 0 Å². The average molecular weight is 279 g/mol. The van der Waals surface area contributed by atoms with Crippen molar-refractivity contribution >= 4 is 0 Å². The van der Waals surface area contributed by atoms with Crippen molar-refractivity contribution in [2.24, 2.45) is 11.8 Å². The fourth-order valence-electron chi connectivity index (χ4n) is 3.14. The second-order valence-corrected chi connectivity index (χ2v) is 6.59. The Hall–Kier alpha value is -0.900. The molecule has 1 aromatic heterocycles. The lowest BCUT2D eigenvalue weighted by atomic mass is 9.85. The molecule has 1 N–H and O–H groups in total. The predicted molar refractivity (Wildman–Crippen MR) is 80.3 cm³/mol. The molecule has 1 aromatic rings. The number of aliphatic hydroxyl groups excluding tert-OH is 1. The second kappa shape index (κ2) is 7.77. The summed E-state index contributed by atoms with van der Waals surface area (Å²) in [5.74, 6) is 1.53. The van der Waals surface area contributed by atoms with Crippen LogP contribution in [0.3, 0.4) is 0 Å². The quantitative estimate of drug-likeness (QED) is 0.833. The van der Waals surface area contributed by atoms with Gasteiger partial charge in [0.2, 0.25) is 0 Å². The van der Waals surface area contributed by atoms with E-state index in [1.165, 1.54) is 44.2 Å². The molecule has 0 bridgehead atoms. The SMILES string of the molecule is CC(C)CCn1nnc(CO)c1CCC1CCCCC1. The van der Waals surface area contributed by atoms with E-state index in [0.717, 1.165) is 31.0 Å². The van der Waals surface area contributed by atoms with Crippen molar-refractivity contribution in [1.29, 1.82) is 0 Å². The molecule has 0 atom stereocenters. The molecule has 0 amide bonds. The van der Waals surface area contributed by atoms with Crippen LogP contribution >= 0.6 is 0 Å². The van der Waals surface area contributed by atoms with Gasteiger partial charge in [-0.15, -0.1) is 5.10 Å². The minimum absolute atomic E-state index is 0.0156. The molecule has 1 saturated carbocycles. The number of hydrogen-bond acceptors (Lipinski definition) is 3. The molecule has 0 spiro atoms. The summed E-state index contributed by atoms with van der Waals surface area (Å²) < 4.78 is 2.02. The smallest absolute Gasteiger partial charge is 0.111 e. The van der Waals surface area contributed by atoms with E-state index in [-0.39, 0.29) is 6.61 Å². The van der Waals surface area contributed by atoms with Crippen LogP contribution in [0, 0.1) is 11.8 Å². The minimum Gasteiger partial charge on any atom is -0.390 e. The zero-order valence-electron chi connectivity index (χ0n) is 13.0. The van der Waals surface area contributed by atoms with Crippen LogP contribution in [-0.2, 0) is 19.6 Å². The Morgan fingerprint density at radius 3 is 2.65 bits per heavy atom. The lowest BCUT2D eigenvalue weighted by Crippen LogP contribution is -2.12. The van der Waals surface area contributed by atoms with Gasteiger partial charge in [0.05, 0.1) is 12.3 Å². The van der Waals surface area contributed by atoms with Crippen molar-refractivity contribution in [2.75, 3.05) is 0 Å². The van der Waals surface area contributed by atoms with Crippen molar-refractivity contribution in [3.05, 3.63) is 11.4 Å². The van der Waals surface area contributed by atoms with Crippen molar-refractivity contribution in [2.45, 2.75) is 78.4 Å². The van der Waals surface area contributed by atoms with Gasteiger partial charge in [-0.05, 0) is 31.1 Å². The fraction of sp³-hybridized carbons (Fsp3) is 0.875. The summed E-state index contributed by atoms with van der Waals surface area (Å²) in [6, 6.07) is 0. The highest BCUT2D eigenvalue weighted by Gasteiger charge is 2.17. The summed E-state index contributed by atoms with van der Waals surface area (Å²) in [6.45, 7) is 5.39. The van der Waals surface area contributed by atoms with Gasteiger partial charge in [-0.1, -0.05) is 51.2 Å². The van der Waals surface area contributed by atoms with Gasteiger partial charge in [0.1, 0.15) is 5.69 Å². The topological polar surface area (TPSA) is 50.9 Å². The molecule has 1 aliphatic rings. The zero-order valence-corrected chi connectivity index (χ0v) is 13.0. The molecule has 2 rings (SSSR count). The first-order valence-electron chi connectivity index (χ1n) is 8.22. The Morgan fingerprint density at radius 2 is 2.00 bits per heavy atom. The molecule has 4 nitrogen and oxygen atoms in total. The third kappa shape index (κ3) is 4.30. The Morgan fingerprint density at radius 1 is 1.25 bits per heavy atom. The van der Waals surface area contributed by atoms with E-state index in [1.54, 1.807) is 0 Å². The molecule has 0 unspecified atom stereocenters. The van der Waals surface area contributed by atoms with E-state index in [2.05, 4.69) is 24.2 Å². The maximum Gasteiger partial charge on any atom is 0.111 e. The van der Waals surface area contributed by atoms with Gasteiger partial charge in [-0.2, -0.15) is 0 Å². The fourth-order valence-corrected chi connectivity index (χ4v) is 3.14. The first kappa shape index (κ1) is 15.5. The van der Waals surface area contributed by atoms with E-state index in [1.807, 2.05) is 4.68 Å². The molecule has 0 radical (unpaired) electrons. The molecule has 0 saturated heterocycles. The van der Waals surface area contributed by atoms with Gasteiger partial charge in [0.25, 0.3) is 0 Å². The number of aryl methyl sites for hydroxylation is 1. The van der Waals surface area contributed by atoms with Gasteiger partial charge < -0.3 is 5.11 Å². The van der Waals surface area contributed by atoms with Gasteiger partial charge in [0.15, 0.2) is 0 Å². The third-order valence-electron chi connectivity index (χ3n) is 4.50. The summed E-state index contributed by atoms with van der Waals surface area (Å²) in [4.78, 5) is 0. The molecule has 0 aliphatic heterocycles. The highest BCUT2D eigenvalue weighted by atomic mass is 16.3. The molecule has 1 heterocycles. The molecule has 20 heavy (non-hydrogen) atoms. The summed E-state index contributed by atoms with van der Waals surface area (Å²) in [7, 11) is 0. The Labute approximate surface area is 122 Å². The standard InChI is InChI=1S/C16H29N3O/c1-13(2)10-11-19-16(15(12-20)17-18-19)9-8-14-6-4-3-5-7-14/h13-14,20H,3-12H2,1-2H3. The number of hydrogen-bond donors (Lipinski definition) is 1. The summed E-state index contributed by atoms with van der Waals surface area (Å²) in [6.07, 6.45) is 10.3. The molecule has 0 aromatic carbocycles. The first-order valence-corrected chi connectivity index (χ1v) is 8.22. The number of aromatic nitrogens is 3. The Balaban J connectivity index is 1.94. The van der Waals surface area contributed by atoms with E-state index < -0.39 is 0 Å². The first-order chi connectivity index (χ1) is 9.70. The highest BCUT2D eigenvalue weighted by Crippen LogP contribution is 2.27. The van der Waals surface area contributed by atoms with Crippen LogP contribution in [0.15, 0.2) is 0 Å². The lowest BCUT2D eigenvalue weighted by Gasteiger charge is -2.21.